The molecule has 0 fully saturated rings. The summed E-state index contributed by atoms with van der Waals surface area (Å²) in [6.07, 6.45) is 2.51. The number of halogens is 1. The number of nitrogens with zero attached hydrogens (tertiary/aromatic N) is 3. The molecule has 0 atom stereocenters. The summed E-state index contributed by atoms with van der Waals surface area (Å²) in [5, 5.41) is 9.04. The van der Waals surface area contributed by atoms with Crippen LogP contribution in [0.3, 0.4) is 0 Å². The molecule has 0 bridgehead atoms. The van der Waals surface area contributed by atoms with Crippen molar-refractivity contribution in [1.29, 1.82) is 0 Å². The number of amides is 1. The minimum absolute atomic E-state index is 0.0298. The highest BCUT2D eigenvalue weighted by atomic mass is 35.5. The van der Waals surface area contributed by atoms with Crippen LogP contribution in [-0.4, -0.2) is 65.0 Å². The van der Waals surface area contributed by atoms with E-state index in [1.807, 2.05) is 13.0 Å². The van der Waals surface area contributed by atoms with E-state index >= 15 is 0 Å². The number of hydrogen-bond donors (Lipinski definition) is 3. The van der Waals surface area contributed by atoms with Crippen LogP contribution in [0.4, 0.5) is 28.8 Å². The van der Waals surface area contributed by atoms with Gasteiger partial charge in [-0.1, -0.05) is 17.7 Å². The Morgan fingerprint density at radius 2 is 1.72 bits per heavy atom. The monoisotopic (exact) mass is 578 g/mol. The van der Waals surface area contributed by atoms with E-state index in [1.165, 1.54) is 38.8 Å². The van der Waals surface area contributed by atoms with Crippen LogP contribution < -0.4 is 34.5 Å². The Morgan fingerprint density at radius 3 is 2.28 bits per heavy atom. The fourth-order valence-electron chi connectivity index (χ4n) is 3.68. The average molecular weight is 579 g/mol. The zero-order chi connectivity index (χ0) is 28.7. The van der Waals surface area contributed by atoms with E-state index in [9.17, 15) is 13.2 Å². The quantitative estimate of drug-likeness (QED) is 0.290. The van der Waals surface area contributed by atoms with Crippen LogP contribution in [0.25, 0.3) is 0 Å². The molecule has 3 rings (SSSR count). The molecule has 2 aromatic carbocycles. The van der Waals surface area contributed by atoms with Crippen molar-refractivity contribution < 1.29 is 27.4 Å². The van der Waals surface area contributed by atoms with Crippen LogP contribution in [0.2, 0.25) is 5.02 Å². The molecule has 3 N–H and O–H groups in total. The van der Waals surface area contributed by atoms with E-state index in [0.717, 1.165) is 11.8 Å². The maximum Gasteiger partial charge on any atom is 0.232 e. The van der Waals surface area contributed by atoms with Gasteiger partial charge in [0.05, 0.1) is 51.7 Å². The number of aromatic nitrogens is 2. The molecule has 0 radical (unpaired) electrons. The molecule has 0 saturated heterocycles. The number of anilines is 5. The van der Waals surface area contributed by atoms with Gasteiger partial charge >= 0.3 is 0 Å². The van der Waals surface area contributed by atoms with Crippen molar-refractivity contribution >= 4 is 56.4 Å². The number of carbonyl (C=O) groups is 1. The van der Waals surface area contributed by atoms with E-state index in [2.05, 4.69) is 25.9 Å². The molecule has 1 amide bonds. The minimum atomic E-state index is -3.70. The van der Waals surface area contributed by atoms with Gasteiger partial charge in [-0.25, -0.2) is 13.4 Å². The lowest BCUT2D eigenvalue weighted by Gasteiger charge is -2.26. The molecular weight excluding hydrogens is 548 g/mol. The molecule has 3 aromatic rings. The number of carbonyl (C=O) groups excluding carboxylic acids is 1. The number of nitrogens with one attached hydrogen (secondary N) is 3. The smallest absolute Gasteiger partial charge is 0.232 e. The molecule has 0 aliphatic rings. The predicted octanol–water partition coefficient (Wildman–Crippen LogP) is 3.85. The molecule has 1 heterocycles. The third kappa shape index (κ3) is 7.54. The van der Waals surface area contributed by atoms with E-state index in [4.69, 9.17) is 25.8 Å². The SMILES string of the molecule is COc1cc(Nc2ncc(Cl)c(Nc3ccc(C)cc3N(CCNC(C)=O)S(C)(=O)=O)n2)cc(OC)c1OC. The number of hydrogen-bond acceptors (Lipinski definition) is 10. The summed E-state index contributed by atoms with van der Waals surface area (Å²) >= 11 is 6.40. The summed E-state index contributed by atoms with van der Waals surface area (Å²) in [6.45, 7) is 3.37. The molecule has 12 nitrogen and oxygen atoms in total. The summed E-state index contributed by atoms with van der Waals surface area (Å²) in [7, 11) is 0.838. The number of aryl methyl sites for hydroxylation is 1. The lowest BCUT2D eigenvalue weighted by molar-refractivity contribution is -0.118. The molecule has 0 aliphatic heterocycles. The van der Waals surface area contributed by atoms with Crippen molar-refractivity contribution in [2.75, 3.05) is 55.6 Å². The van der Waals surface area contributed by atoms with E-state index in [-0.39, 0.29) is 35.8 Å². The molecule has 0 saturated carbocycles. The summed E-state index contributed by atoms with van der Waals surface area (Å²) in [5.41, 5.74) is 2.21. The highest BCUT2D eigenvalue weighted by Gasteiger charge is 2.22. The predicted molar refractivity (Wildman–Crippen MR) is 152 cm³/mol. The van der Waals surface area contributed by atoms with Gasteiger partial charge in [0.25, 0.3) is 0 Å². The van der Waals surface area contributed by atoms with Crippen molar-refractivity contribution in [2.45, 2.75) is 13.8 Å². The second-order valence-corrected chi connectivity index (χ2v) is 10.7. The van der Waals surface area contributed by atoms with Crippen molar-refractivity contribution in [3.8, 4) is 17.2 Å². The fourth-order valence-corrected chi connectivity index (χ4v) is 4.75. The van der Waals surface area contributed by atoms with E-state index in [1.54, 1.807) is 24.3 Å². The van der Waals surface area contributed by atoms with Crippen LogP contribution in [0.5, 0.6) is 17.2 Å². The zero-order valence-corrected chi connectivity index (χ0v) is 24.0. The molecule has 0 unspecified atom stereocenters. The summed E-state index contributed by atoms with van der Waals surface area (Å²) in [5.74, 6) is 1.50. The van der Waals surface area contributed by atoms with Crippen LogP contribution in [-0.2, 0) is 14.8 Å². The normalized spacial score (nSPS) is 10.9. The molecule has 210 valence electrons. The van der Waals surface area contributed by atoms with Gasteiger partial charge < -0.3 is 30.2 Å². The Balaban J connectivity index is 1.96. The minimum Gasteiger partial charge on any atom is -0.493 e. The Hall–Kier alpha value is -3.97. The second kappa shape index (κ2) is 12.7. The van der Waals surface area contributed by atoms with Gasteiger partial charge in [-0.3, -0.25) is 9.10 Å². The third-order valence-corrected chi connectivity index (χ3v) is 6.89. The molecular formula is C25H31ClN6O6S. The third-order valence-electron chi connectivity index (χ3n) is 5.43. The van der Waals surface area contributed by atoms with Gasteiger partial charge in [-0.15, -0.1) is 0 Å². The molecule has 1 aromatic heterocycles. The van der Waals surface area contributed by atoms with Crippen molar-refractivity contribution in [1.82, 2.24) is 15.3 Å². The summed E-state index contributed by atoms with van der Waals surface area (Å²) < 4.78 is 42.7. The van der Waals surface area contributed by atoms with Crippen molar-refractivity contribution in [3.05, 3.63) is 47.1 Å². The maximum absolute atomic E-state index is 12.7. The number of sulfonamides is 1. The van der Waals surface area contributed by atoms with E-state index in [0.29, 0.717) is 34.3 Å². The average Bonchev–Trinajstić information content (AvgIpc) is 2.88. The number of ether oxygens (including phenoxy) is 3. The lowest BCUT2D eigenvalue weighted by atomic mass is 10.2. The fraction of sp³-hybridized carbons (Fsp3) is 0.320. The Bertz CT molecular complexity index is 1430. The first kappa shape index (κ1) is 29.6. The molecule has 39 heavy (non-hydrogen) atoms. The van der Waals surface area contributed by atoms with Gasteiger partial charge in [0.2, 0.25) is 27.6 Å². The van der Waals surface area contributed by atoms with Gasteiger partial charge in [0, 0.05) is 31.3 Å². The standard InChI is InChI=1S/C25H31ClN6O6S/c1-15-7-8-19(20(11-15)32(39(6,34)35)10-9-27-16(2)33)30-24-18(26)14-28-25(31-24)29-17-12-21(36-3)23(38-5)22(13-17)37-4/h7-8,11-14H,9-10H2,1-6H3,(H,27,33)(H2,28,29,30,31). The first-order chi connectivity index (χ1) is 18.5. The van der Waals surface area contributed by atoms with Crippen LogP contribution >= 0.6 is 11.6 Å². The topological polar surface area (TPSA) is 144 Å². The summed E-state index contributed by atoms with van der Waals surface area (Å²) in [6, 6.07) is 8.67. The van der Waals surface area contributed by atoms with Gasteiger partial charge in [0.15, 0.2) is 17.3 Å². The van der Waals surface area contributed by atoms with Crippen LogP contribution in [0.1, 0.15) is 12.5 Å². The Labute approximate surface area is 232 Å². The van der Waals surface area contributed by atoms with Crippen molar-refractivity contribution in [3.63, 3.8) is 0 Å². The molecule has 0 spiro atoms. The van der Waals surface area contributed by atoms with Crippen LogP contribution in [0, 0.1) is 6.92 Å². The number of methoxy groups -OCH3 is 3. The zero-order valence-electron chi connectivity index (χ0n) is 22.5. The van der Waals surface area contributed by atoms with Gasteiger partial charge in [-0.05, 0) is 24.6 Å². The Kier molecular flexibility index (Phi) is 9.65. The number of rotatable bonds is 12. The summed E-state index contributed by atoms with van der Waals surface area (Å²) in [4.78, 5) is 20.1. The van der Waals surface area contributed by atoms with Crippen LogP contribution in [0.15, 0.2) is 36.5 Å². The maximum atomic E-state index is 12.7. The Morgan fingerprint density at radius 1 is 1.05 bits per heavy atom. The highest BCUT2D eigenvalue weighted by molar-refractivity contribution is 7.92. The lowest BCUT2D eigenvalue weighted by Crippen LogP contribution is -2.37. The number of benzene rings is 2. The highest BCUT2D eigenvalue weighted by Crippen LogP contribution is 2.40. The van der Waals surface area contributed by atoms with Gasteiger partial charge in [0.1, 0.15) is 5.02 Å². The molecule has 0 aliphatic carbocycles. The second-order valence-electron chi connectivity index (χ2n) is 8.39. The van der Waals surface area contributed by atoms with Crippen molar-refractivity contribution in [2.24, 2.45) is 0 Å². The van der Waals surface area contributed by atoms with Gasteiger partial charge in [-0.2, -0.15) is 4.98 Å². The van der Waals surface area contributed by atoms with E-state index < -0.39 is 10.0 Å². The first-order valence-corrected chi connectivity index (χ1v) is 13.9. The molecule has 14 heteroatoms. The largest absolute Gasteiger partial charge is 0.493 e. The first-order valence-electron chi connectivity index (χ1n) is 11.7.